The maximum Gasteiger partial charge on any atom is 0.391 e. The van der Waals surface area contributed by atoms with E-state index in [0.29, 0.717) is 11.3 Å². The molecule has 1 aliphatic rings. The van der Waals surface area contributed by atoms with Crippen molar-refractivity contribution in [3.05, 3.63) is 23.8 Å². The molecule has 0 aliphatic carbocycles. The quantitative estimate of drug-likeness (QED) is 0.932. The molecule has 1 aromatic carbocycles. The van der Waals surface area contributed by atoms with Crippen LogP contribution in [0.25, 0.3) is 0 Å². The van der Waals surface area contributed by atoms with Gasteiger partial charge in [-0.15, -0.1) is 0 Å². The maximum atomic E-state index is 12.6. The molecule has 0 unspecified atom stereocenters. The predicted octanol–water partition coefficient (Wildman–Crippen LogP) is 2.74. The minimum Gasteiger partial charge on any atom is -0.508 e. The standard InChI is InChI=1S/C15H18F3NO3/c1-22-13-3-2-12(20)8-10(13)9-14(21)19-6-4-11(5-7-19)15(16,17)18/h2-3,8,11,20H,4-7,9H2,1H3. The molecule has 1 heterocycles. The van der Waals surface area contributed by atoms with Gasteiger partial charge in [0.05, 0.1) is 19.4 Å². The lowest BCUT2D eigenvalue weighted by Gasteiger charge is -2.33. The molecule has 22 heavy (non-hydrogen) atoms. The fourth-order valence-electron chi connectivity index (χ4n) is 2.63. The molecule has 4 nitrogen and oxygen atoms in total. The number of piperidine rings is 1. The van der Waals surface area contributed by atoms with Crippen molar-refractivity contribution < 1.29 is 27.8 Å². The van der Waals surface area contributed by atoms with Gasteiger partial charge in [0.1, 0.15) is 11.5 Å². The molecule has 0 saturated carbocycles. The van der Waals surface area contributed by atoms with E-state index < -0.39 is 12.1 Å². The highest BCUT2D eigenvalue weighted by Gasteiger charge is 2.41. The summed E-state index contributed by atoms with van der Waals surface area (Å²) in [5.74, 6) is -1.10. The molecule has 0 atom stereocenters. The van der Waals surface area contributed by atoms with E-state index in [2.05, 4.69) is 0 Å². The Morgan fingerprint density at radius 2 is 2.00 bits per heavy atom. The van der Waals surface area contributed by atoms with Gasteiger partial charge in [0.15, 0.2) is 0 Å². The monoisotopic (exact) mass is 317 g/mol. The highest BCUT2D eigenvalue weighted by atomic mass is 19.4. The summed E-state index contributed by atoms with van der Waals surface area (Å²) in [5, 5.41) is 9.48. The van der Waals surface area contributed by atoms with Crippen molar-refractivity contribution in [1.82, 2.24) is 4.90 Å². The molecule has 0 spiro atoms. The number of amides is 1. The summed E-state index contributed by atoms with van der Waals surface area (Å²) in [6.45, 7) is 0.203. The lowest BCUT2D eigenvalue weighted by atomic mass is 9.96. The summed E-state index contributed by atoms with van der Waals surface area (Å²) in [4.78, 5) is 13.6. The minimum absolute atomic E-state index is 0.00570. The van der Waals surface area contributed by atoms with Crippen LogP contribution in [-0.2, 0) is 11.2 Å². The second kappa shape index (κ2) is 6.46. The summed E-state index contributed by atoms with van der Waals surface area (Å²) in [6.07, 6.45) is -4.32. The Labute approximate surface area is 126 Å². The van der Waals surface area contributed by atoms with Crippen LogP contribution in [0.1, 0.15) is 18.4 Å². The Bertz CT molecular complexity index is 537. The largest absolute Gasteiger partial charge is 0.508 e. The number of rotatable bonds is 3. The third-order valence-corrected chi connectivity index (χ3v) is 3.92. The van der Waals surface area contributed by atoms with Crippen LogP contribution in [0.5, 0.6) is 11.5 Å². The van der Waals surface area contributed by atoms with Gasteiger partial charge >= 0.3 is 6.18 Å². The first-order valence-electron chi connectivity index (χ1n) is 7.01. The first kappa shape index (κ1) is 16.5. The van der Waals surface area contributed by atoms with Crippen LogP contribution in [0.15, 0.2) is 18.2 Å². The lowest BCUT2D eigenvalue weighted by molar-refractivity contribution is -0.186. The van der Waals surface area contributed by atoms with Crippen LogP contribution in [0.2, 0.25) is 0 Å². The smallest absolute Gasteiger partial charge is 0.391 e. The Kier molecular flexibility index (Phi) is 4.83. The molecule has 1 aliphatic heterocycles. The number of carbonyl (C=O) groups excluding carboxylic acids is 1. The topological polar surface area (TPSA) is 49.8 Å². The molecule has 1 saturated heterocycles. The number of phenols is 1. The molecule has 0 bridgehead atoms. The van der Waals surface area contributed by atoms with Gasteiger partial charge in [0.25, 0.3) is 0 Å². The molecule has 1 aromatic rings. The van der Waals surface area contributed by atoms with Crippen molar-refractivity contribution in [2.45, 2.75) is 25.4 Å². The molecule has 1 amide bonds. The lowest BCUT2D eigenvalue weighted by Crippen LogP contribution is -2.42. The zero-order valence-electron chi connectivity index (χ0n) is 12.2. The fourth-order valence-corrected chi connectivity index (χ4v) is 2.63. The van der Waals surface area contributed by atoms with E-state index in [1.807, 2.05) is 0 Å². The number of alkyl halides is 3. The van der Waals surface area contributed by atoms with Crippen LogP contribution in [0.3, 0.4) is 0 Å². The number of ether oxygens (including phenoxy) is 1. The van der Waals surface area contributed by atoms with Crippen molar-refractivity contribution >= 4 is 5.91 Å². The number of nitrogens with zero attached hydrogens (tertiary/aromatic N) is 1. The fraction of sp³-hybridized carbons (Fsp3) is 0.533. The van der Waals surface area contributed by atoms with Crippen molar-refractivity contribution in [2.24, 2.45) is 5.92 Å². The van der Waals surface area contributed by atoms with Crippen molar-refractivity contribution in [3.8, 4) is 11.5 Å². The molecular weight excluding hydrogens is 299 g/mol. The second-order valence-electron chi connectivity index (χ2n) is 5.37. The Morgan fingerprint density at radius 1 is 1.36 bits per heavy atom. The van der Waals surface area contributed by atoms with Gasteiger partial charge in [-0.1, -0.05) is 0 Å². The first-order valence-corrected chi connectivity index (χ1v) is 7.01. The van der Waals surface area contributed by atoms with Gasteiger partial charge < -0.3 is 14.7 Å². The molecule has 7 heteroatoms. The van der Waals surface area contributed by atoms with Crippen LogP contribution in [0, 0.1) is 5.92 Å². The molecule has 2 rings (SSSR count). The van der Waals surface area contributed by atoms with Crippen LogP contribution < -0.4 is 4.74 Å². The molecular formula is C15H18F3NO3. The van der Waals surface area contributed by atoms with E-state index in [-0.39, 0.29) is 44.0 Å². The third-order valence-electron chi connectivity index (χ3n) is 3.92. The van der Waals surface area contributed by atoms with Gasteiger partial charge in [-0.05, 0) is 31.0 Å². The Morgan fingerprint density at radius 3 is 2.55 bits per heavy atom. The van der Waals surface area contributed by atoms with Crippen molar-refractivity contribution in [2.75, 3.05) is 20.2 Å². The summed E-state index contributed by atoms with van der Waals surface area (Å²) in [5.41, 5.74) is 0.519. The van der Waals surface area contributed by atoms with Gasteiger partial charge in [0, 0.05) is 18.7 Å². The Balaban J connectivity index is 1.98. The number of hydrogen-bond acceptors (Lipinski definition) is 3. The molecule has 122 valence electrons. The third kappa shape index (κ3) is 3.84. The van der Waals surface area contributed by atoms with E-state index >= 15 is 0 Å². The number of likely N-dealkylation sites (tertiary alicyclic amines) is 1. The maximum absolute atomic E-state index is 12.6. The van der Waals surface area contributed by atoms with Crippen LogP contribution in [0.4, 0.5) is 13.2 Å². The van der Waals surface area contributed by atoms with Crippen LogP contribution >= 0.6 is 0 Å². The molecule has 1 fully saturated rings. The minimum atomic E-state index is -4.19. The highest BCUT2D eigenvalue weighted by molar-refractivity contribution is 5.79. The van der Waals surface area contributed by atoms with Crippen molar-refractivity contribution in [1.29, 1.82) is 0 Å². The summed E-state index contributed by atoms with van der Waals surface area (Å²) >= 11 is 0. The SMILES string of the molecule is COc1ccc(O)cc1CC(=O)N1CCC(C(F)(F)F)CC1. The predicted molar refractivity (Wildman–Crippen MR) is 73.7 cm³/mol. The number of halogens is 3. The zero-order chi connectivity index (χ0) is 16.3. The molecule has 0 radical (unpaired) electrons. The average molecular weight is 317 g/mol. The van der Waals surface area contributed by atoms with E-state index in [0.717, 1.165) is 0 Å². The van der Waals surface area contributed by atoms with Gasteiger partial charge in [0.2, 0.25) is 5.91 Å². The normalized spacial score (nSPS) is 16.6. The number of phenolic OH excluding ortho intramolecular Hbond substituents is 1. The van der Waals surface area contributed by atoms with Gasteiger partial charge in [-0.3, -0.25) is 4.79 Å². The van der Waals surface area contributed by atoms with Crippen molar-refractivity contribution in [3.63, 3.8) is 0 Å². The van der Waals surface area contributed by atoms with E-state index in [9.17, 15) is 23.1 Å². The van der Waals surface area contributed by atoms with E-state index in [1.54, 1.807) is 6.07 Å². The number of hydrogen-bond donors (Lipinski definition) is 1. The highest BCUT2D eigenvalue weighted by Crippen LogP contribution is 2.34. The number of carbonyl (C=O) groups is 1. The molecule has 0 aromatic heterocycles. The number of methoxy groups -OCH3 is 1. The average Bonchev–Trinajstić information content (AvgIpc) is 2.46. The van der Waals surface area contributed by atoms with Crippen LogP contribution in [-0.4, -0.2) is 42.3 Å². The molecule has 1 N–H and O–H groups in total. The van der Waals surface area contributed by atoms with Gasteiger partial charge in [-0.25, -0.2) is 0 Å². The first-order chi connectivity index (χ1) is 10.3. The van der Waals surface area contributed by atoms with Gasteiger partial charge in [-0.2, -0.15) is 13.2 Å². The zero-order valence-corrected chi connectivity index (χ0v) is 12.2. The summed E-state index contributed by atoms with van der Waals surface area (Å²) in [7, 11) is 1.45. The number of aromatic hydroxyl groups is 1. The van der Waals surface area contributed by atoms with E-state index in [4.69, 9.17) is 4.74 Å². The second-order valence-corrected chi connectivity index (χ2v) is 5.37. The summed E-state index contributed by atoms with van der Waals surface area (Å²) in [6, 6.07) is 4.43. The Hall–Kier alpha value is -1.92. The number of benzene rings is 1. The summed E-state index contributed by atoms with van der Waals surface area (Å²) < 4.78 is 43.0. The van der Waals surface area contributed by atoms with E-state index in [1.165, 1.54) is 24.1 Å².